The zero-order valence-electron chi connectivity index (χ0n) is 11.7. The van der Waals surface area contributed by atoms with Crippen LogP contribution in [0.3, 0.4) is 0 Å². The fourth-order valence-corrected chi connectivity index (χ4v) is 2.83. The lowest BCUT2D eigenvalue weighted by atomic mass is 9.84. The van der Waals surface area contributed by atoms with Crippen molar-refractivity contribution in [3.8, 4) is 0 Å². The van der Waals surface area contributed by atoms with Crippen molar-refractivity contribution >= 4 is 5.69 Å². The normalized spacial score (nSPS) is 18.6. The minimum Gasteiger partial charge on any atom is -0.371 e. The van der Waals surface area contributed by atoms with E-state index in [0.29, 0.717) is 12.6 Å². The molecule has 0 aromatic heterocycles. The maximum atomic E-state index is 5.72. The molecule has 100 valence electrons. The Morgan fingerprint density at radius 2 is 1.78 bits per heavy atom. The highest BCUT2D eigenvalue weighted by Crippen LogP contribution is 2.33. The van der Waals surface area contributed by atoms with E-state index in [2.05, 4.69) is 43.1 Å². The third-order valence-electron chi connectivity index (χ3n) is 4.38. The van der Waals surface area contributed by atoms with Crippen LogP contribution >= 0.6 is 0 Å². The second-order valence-corrected chi connectivity index (χ2v) is 5.62. The highest BCUT2D eigenvalue weighted by molar-refractivity contribution is 5.48. The van der Waals surface area contributed by atoms with Gasteiger partial charge in [-0.25, -0.2) is 0 Å². The first-order chi connectivity index (χ1) is 8.72. The molecule has 1 aliphatic carbocycles. The summed E-state index contributed by atoms with van der Waals surface area (Å²) in [5.74, 6) is 0.796. The lowest BCUT2D eigenvalue weighted by Crippen LogP contribution is -2.35. The Morgan fingerprint density at radius 1 is 1.17 bits per heavy atom. The summed E-state index contributed by atoms with van der Waals surface area (Å²) in [5, 5.41) is 0. The van der Waals surface area contributed by atoms with Crippen LogP contribution in [-0.2, 0) is 0 Å². The van der Waals surface area contributed by atoms with Gasteiger partial charge in [0.2, 0.25) is 0 Å². The highest BCUT2D eigenvalue weighted by Gasteiger charge is 2.15. The minimum absolute atomic E-state index is 0.394. The average Bonchev–Trinajstić information content (AvgIpc) is 2.47. The van der Waals surface area contributed by atoms with Crippen molar-refractivity contribution in [2.45, 2.75) is 51.0 Å². The van der Waals surface area contributed by atoms with Crippen molar-refractivity contribution < 1.29 is 0 Å². The number of nitrogens with two attached hydrogens (primary N) is 1. The van der Waals surface area contributed by atoms with Crippen molar-refractivity contribution in [3.63, 3.8) is 0 Å². The number of anilines is 1. The maximum Gasteiger partial charge on any atom is 0.0380 e. The van der Waals surface area contributed by atoms with Gasteiger partial charge in [-0.2, -0.15) is 0 Å². The van der Waals surface area contributed by atoms with Gasteiger partial charge in [-0.1, -0.05) is 31.4 Å². The molecule has 2 rings (SSSR count). The van der Waals surface area contributed by atoms with Crippen LogP contribution in [0.25, 0.3) is 0 Å². The molecule has 2 N–H and O–H groups in total. The van der Waals surface area contributed by atoms with E-state index in [4.69, 9.17) is 5.73 Å². The quantitative estimate of drug-likeness (QED) is 0.880. The van der Waals surface area contributed by atoms with E-state index in [9.17, 15) is 0 Å². The predicted molar refractivity (Wildman–Crippen MR) is 79.2 cm³/mol. The van der Waals surface area contributed by atoms with Crippen LogP contribution < -0.4 is 10.6 Å². The molecule has 1 atom stereocenters. The second kappa shape index (κ2) is 6.24. The van der Waals surface area contributed by atoms with Gasteiger partial charge in [0.15, 0.2) is 0 Å². The molecule has 0 bridgehead atoms. The summed E-state index contributed by atoms with van der Waals surface area (Å²) < 4.78 is 0. The molecule has 1 aromatic rings. The first-order valence-corrected chi connectivity index (χ1v) is 7.25. The van der Waals surface area contributed by atoms with E-state index in [1.165, 1.54) is 43.4 Å². The predicted octanol–water partition coefficient (Wildman–Crippen LogP) is 3.52. The summed E-state index contributed by atoms with van der Waals surface area (Å²) in [6, 6.07) is 9.51. The topological polar surface area (TPSA) is 29.3 Å². The Morgan fingerprint density at radius 3 is 2.33 bits per heavy atom. The summed E-state index contributed by atoms with van der Waals surface area (Å²) in [4.78, 5) is 2.25. The third kappa shape index (κ3) is 3.05. The second-order valence-electron chi connectivity index (χ2n) is 5.62. The zero-order chi connectivity index (χ0) is 13.0. The molecule has 2 nitrogen and oxygen atoms in total. The van der Waals surface area contributed by atoms with Crippen LogP contribution in [0.1, 0.15) is 50.5 Å². The van der Waals surface area contributed by atoms with Gasteiger partial charge in [0, 0.05) is 25.3 Å². The maximum absolute atomic E-state index is 5.72. The monoisotopic (exact) mass is 246 g/mol. The molecule has 0 amide bonds. The molecule has 0 aliphatic heterocycles. The van der Waals surface area contributed by atoms with Crippen molar-refractivity contribution in [2.24, 2.45) is 5.73 Å². The molecule has 0 heterocycles. The van der Waals surface area contributed by atoms with Crippen molar-refractivity contribution in [1.29, 1.82) is 0 Å². The smallest absolute Gasteiger partial charge is 0.0380 e. The molecular formula is C16H26N2. The molecule has 1 saturated carbocycles. The van der Waals surface area contributed by atoms with E-state index in [1.807, 2.05) is 0 Å². The summed E-state index contributed by atoms with van der Waals surface area (Å²) in [6.45, 7) is 2.86. The Labute approximate surface area is 111 Å². The standard InChI is InChI=1S/C16H26N2/c1-13(12-17)18(2)16-10-8-15(9-11-16)14-6-4-3-5-7-14/h8-11,13-14H,3-7,12,17H2,1-2H3. The number of hydrogen-bond acceptors (Lipinski definition) is 2. The van der Waals surface area contributed by atoms with Crippen LogP contribution in [0.5, 0.6) is 0 Å². The van der Waals surface area contributed by atoms with Gasteiger partial charge >= 0.3 is 0 Å². The minimum atomic E-state index is 0.394. The summed E-state index contributed by atoms with van der Waals surface area (Å²) in [6.07, 6.45) is 6.96. The number of rotatable bonds is 4. The van der Waals surface area contributed by atoms with Crippen LogP contribution in [0.2, 0.25) is 0 Å². The molecule has 0 spiro atoms. The number of benzene rings is 1. The average molecular weight is 246 g/mol. The molecule has 2 heteroatoms. The Bertz CT molecular complexity index is 331. The van der Waals surface area contributed by atoms with E-state index < -0.39 is 0 Å². The molecule has 1 aliphatic rings. The van der Waals surface area contributed by atoms with E-state index >= 15 is 0 Å². The van der Waals surface area contributed by atoms with Crippen LogP contribution in [-0.4, -0.2) is 19.6 Å². The summed E-state index contributed by atoms with van der Waals surface area (Å²) in [5.41, 5.74) is 8.51. The van der Waals surface area contributed by atoms with Gasteiger partial charge in [-0.05, 0) is 43.4 Å². The highest BCUT2D eigenvalue weighted by atomic mass is 15.1. The van der Waals surface area contributed by atoms with Crippen LogP contribution in [0.4, 0.5) is 5.69 Å². The van der Waals surface area contributed by atoms with Crippen molar-refractivity contribution in [2.75, 3.05) is 18.5 Å². The van der Waals surface area contributed by atoms with E-state index in [1.54, 1.807) is 0 Å². The summed E-state index contributed by atoms with van der Waals surface area (Å²) >= 11 is 0. The molecule has 1 fully saturated rings. The van der Waals surface area contributed by atoms with E-state index in [-0.39, 0.29) is 0 Å². The molecule has 1 unspecified atom stereocenters. The Hall–Kier alpha value is -1.02. The number of nitrogens with zero attached hydrogens (tertiary/aromatic N) is 1. The van der Waals surface area contributed by atoms with Gasteiger partial charge in [0.25, 0.3) is 0 Å². The lowest BCUT2D eigenvalue weighted by molar-refractivity contribution is 0.443. The van der Waals surface area contributed by atoms with Crippen LogP contribution in [0, 0.1) is 0 Å². The zero-order valence-corrected chi connectivity index (χ0v) is 11.7. The number of likely N-dealkylation sites (N-methyl/N-ethyl adjacent to an activating group) is 1. The van der Waals surface area contributed by atoms with Gasteiger partial charge in [-0.15, -0.1) is 0 Å². The van der Waals surface area contributed by atoms with Gasteiger partial charge in [0.05, 0.1) is 0 Å². The van der Waals surface area contributed by atoms with Crippen molar-refractivity contribution in [3.05, 3.63) is 29.8 Å². The van der Waals surface area contributed by atoms with Crippen molar-refractivity contribution in [1.82, 2.24) is 0 Å². The molecule has 0 saturated heterocycles. The largest absolute Gasteiger partial charge is 0.371 e. The number of hydrogen-bond donors (Lipinski definition) is 1. The Balaban J connectivity index is 2.04. The van der Waals surface area contributed by atoms with Gasteiger partial charge in [-0.3, -0.25) is 0 Å². The Kier molecular flexibility index (Phi) is 4.65. The first kappa shape index (κ1) is 13.4. The molecular weight excluding hydrogens is 220 g/mol. The first-order valence-electron chi connectivity index (χ1n) is 7.25. The fourth-order valence-electron chi connectivity index (χ4n) is 2.83. The SMILES string of the molecule is CC(CN)N(C)c1ccc(C2CCCCC2)cc1. The van der Waals surface area contributed by atoms with Gasteiger partial charge in [0.1, 0.15) is 0 Å². The third-order valence-corrected chi connectivity index (χ3v) is 4.38. The molecule has 18 heavy (non-hydrogen) atoms. The fraction of sp³-hybridized carbons (Fsp3) is 0.625. The van der Waals surface area contributed by atoms with E-state index in [0.717, 1.165) is 5.92 Å². The molecule has 0 radical (unpaired) electrons. The molecule has 1 aromatic carbocycles. The van der Waals surface area contributed by atoms with Crippen LogP contribution in [0.15, 0.2) is 24.3 Å². The van der Waals surface area contributed by atoms with Gasteiger partial charge < -0.3 is 10.6 Å². The lowest BCUT2D eigenvalue weighted by Gasteiger charge is -2.27. The summed E-state index contributed by atoms with van der Waals surface area (Å²) in [7, 11) is 2.12.